The Kier molecular flexibility index (Phi) is 3.65. The average molecular weight is 217 g/mol. The number of hydrogen-bond donors (Lipinski definition) is 1. The largest absolute Gasteiger partial charge is 0.310 e. The van der Waals surface area contributed by atoms with Crippen LogP contribution in [-0.2, 0) is 0 Å². The molecule has 88 valence electrons. The summed E-state index contributed by atoms with van der Waals surface area (Å²) in [5.41, 5.74) is 4.44. The zero-order chi connectivity index (χ0) is 11.5. The van der Waals surface area contributed by atoms with Gasteiger partial charge in [-0.25, -0.2) is 0 Å². The molecule has 0 amide bonds. The van der Waals surface area contributed by atoms with E-state index in [9.17, 15) is 0 Å². The van der Waals surface area contributed by atoms with Crippen molar-refractivity contribution in [3.05, 3.63) is 34.9 Å². The van der Waals surface area contributed by atoms with Gasteiger partial charge in [-0.05, 0) is 62.3 Å². The number of nitrogens with one attached hydrogen (secondary N) is 1. The van der Waals surface area contributed by atoms with Gasteiger partial charge in [0.15, 0.2) is 0 Å². The van der Waals surface area contributed by atoms with Gasteiger partial charge in [0.05, 0.1) is 0 Å². The number of aryl methyl sites for hydroxylation is 2. The summed E-state index contributed by atoms with van der Waals surface area (Å²) in [4.78, 5) is 0. The van der Waals surface area contributed by atoms with E-state index in [1.54, 1.807) is 5.56 Å². The van der Waals surface area contributed by atoms with E-state index in [1.165, 1.54) is 30.4 Å². The van der Waals surface area contributed by atoms with Crippen LogP contribution in [0.4, 0.5) is 0 Å². The second-order valence-electron chi connectivity index (χ2n) is 5.07. The molecule has 1 heteroatoms. The molecule has 16 heavy (non-hydrogen) atoms. The Morgan fingerprint density at radius 1 is 1.25 bits per heavy atom. The third kappa shape index (κ3) is 2.46. The Morgan fingerprint density at radius 3 is 2.38 bits per heavy atom. The van der Waals surface area contributed by atoms with Crippen LogP contribution in [0.25, 0.3) is 0 Å². The standard InChI is InChI=1S/C15H23N/c1-4-10-16-15(13-8-9-13)14-11(2)6-5-7-12(14)3/h5-7,13,15-16H,4,8-10H2,1-3H3. The lowest BCUT2D eigenvalue weighted by Crippen LogP contribution is -2.25. The van der Waals surface area contributed by atoms with Crippen LogP contribution in [0.15, 0.2) is 18.2 Å². The molecule has 1 aromatic rings. The molecule has 0 radical (unpaired) electrons. The highest BCUT2D eigenvalue weighted by atomic mass is 14.9. The van der Waals surface area contributed by atoms with E-state index in [1.807, 2.05) is 0 Å². The maximum Gasteiger partial charge on any atom is 0.0353 e. The van der Waals surface area contributed by atoms with Gasteiger partial charge >= 0.3 is 0 Å². The first-order chi connectivity index (χ1) is 7.74. The minimum Gasteiger partial charge on any atom is -0.310 e. The second kappa shape index (κ2) is 5.01. The van der Waals surface area contributed by atoms with Gasteiger partial charge in [0.25, 0.3) is 0 Å². The number of hydrogen-bond acceptors (Lipinski definition) is 1. The summed E-state index contributed by atoms with van der Waals surface area (Å²) < 4.78 is 0. The van der Waals surface area contributed by atoms with Gasteiger partial charge in [-0.2, -0.15) is 0 Å². The molecule has 1 aliphatic rings. The molecule has 0 bridgehead atoms. The van der Waals surface area contributed by atoms with E-state index in [4.69, 9.17) is 0 Å². The highest BCUT2D eigenvalue weighted by Gasteiger charge is 2.33. The molecule has 1 unspecified atom stereocenters. The molecule has 1 N–H and O–H groups in total. The highest BCUT2D eigenvalue weighted by Crippen LogP contribution is 2.42. The first-order valence-corrected chi connectivity index (χ1v) is 6.53. The van der Waals surface area contributed by atoms with Crippen molar-refractivity contribution in [2.75, 3.05) is 6.54 Å². The molecular formula is C15H23N. The predicted octanol–water partition coefficient (Wildman–Crippen LogP) is 3.75. The van der Waals surface area contributed by atoms with Crippen LogP contribution in [0.5, 0.6) is 0 Å². The van der Waals surface area contributed by atoms with Gasteiger partial charge in [-0.15, -0.1) is 0 Å². The SMILES string of the molecule is CCCNC(c1c(C)cccc1C)C1CC1. The summed E-state index contributed by atoms with van der Waals surface area (Å²) in [5, 5.41) is 3.73. The van der Waals surface area contributed by atoms with Crippen LogP contribution in [-0.4, -0.2) is 6.54 Å². The fourth-order valence-corrected chi connectivity index (χ4v) is 2.55. The molecular weight excluding hydrogens is 194 g/mol. The fraction of sp³-hybridized carbons (Fsp3) is 0.600. The lowest BCUT2D eigenvalue weighted by molar-refractivity contribution is 0.477. The van der Waals surface area contributed by atoms with Gasteiger partial charge < -0.3 is 5.32 Å². The molecule has 0 saturated heterocycles. The van der Waals surface area contributed by atoms with Crippen LogP contribution in [0.2, 0.25) is 0 Å². The zero-order valence-electron chi connectivity index (χ0n) is 10.7. The van der Waals surface area contributed by atoms with Gasteiger partial charge in [0.1, 0.15) is 0 Å². The van der Waals surface area contributed by atoms with Gasteiger partial charge in [0.2, 0.25) is 0 Å². The molecule has 2 rings (SSSR count). The van der Waals surface area contributed by atoms with E-state index in [2.05, 4.69) is 44.3 Å². The van der Waals surface area contributed by atoms with E-state index in [-0.39, 0.29) is 0 Å². The Morgan fingerprint density at radius 2 is 1.88 bits per heavy atom. The van der Waals surface area contributed by atoms with Crippen molar-refractivity contribution in [3.63, 3.8) is 0 Å². The minimum atomic E-state index is 0.598. The first-order valence-electron chi connectivity index (χ1n) is 6.53. The van der Waals surface area contributed by atoms with E-state index in [0.29, 0.717) is 6.04 Å². The lowest BCUT2D eigenvalue weighted by atomic mass is 9.93. The van der Waals surface area contributed by atoms with Crippen LogP contribution < -0.4 is 5.32 Å². The monoisotopic (exact) mass is 217 g/mol. The molecule has 0 aliphatic heterocycles. The van der Waals surface area contributed by atoms with Crippen molar-refractivity contribution in [2.24, 2.45) is 5.92 Å². The third-order valence-electron chi connectivity index (χ3n) is 3.56. The first kappa shape index (κ1) is 11.7. The summed E-state index contributed by atoms with van der Waals surface area (Å²) in [6.07, 6.45) is 4.01. The van der Waals surface area contributed by atoms with Gasteiger partial charge in [0, 0.05) is 6.04 Å². The summed E-state index contributed by atoms with van der Waals surface area (Å²) in [5.74, 6) is 0.881. The van der Waals surface area contributed by atoms with E-state index < -0.39 is 0 Å². The molecule has 1 aromatic carbocycles. The normalized spacial score (nSPS) is 17.4. The third-order valence-corrected chi connectivity index (χ3v) is 3.56. The second-order valence-corrected chi connectivity index (χ2v) is 5.07. The van der Waals surface area contributed by atoms with Crippen molar-refractivity contribution in [2.45, 2.75) is 46.1 Å². The van der Waals surface area contributed by atoms with Crippen LogP contribution in [0.1, 0.15) is 48.9 Å². The van der Waals surface area contributed by atoms with E-state index in [0.717, 1.165) is 12.5 Å². The lowest BCUT2D eigenvalue weighted by Gasteiger charge is -2.22. The van der Waals surface area contributed by atoms with Crippen molar-refractivity contribution >= 4 is 0 Å². The number of benzene rings is 1. The van der Waals surface area contributed by atoms with Crippen molar-refractivity contribution in [1.82, 2.24) is 5.32 Å². The van der Waals surface area contributed by atoms with Crippen molar-refractivity contribution in [1.29, 1.82) is 0 Å². The van der Waals surface area contributed by atoms with Crippen LogP contribution in [0, 0.1) is 19.8 Å². The fourth-order valence-electron chi connectivity index (χ4n) is 2.55. The molecule has 0 aromatic heterocycles. The van der Waals surface area contributed by atoms with E-state index >= 15 is 0 Å². The quantitative estimate of drug-likeness (QED) is 0.792. The maximum atomic E-state index is 3.73. The molecule has 0 heterocycles. The molecule has 1 fully saturated rings. The van der Waals surface area contributed by atoms with Gasteiger partial charge in [-0.3, -0.25) is 0 Å². The smallest absolute Gasteiger partial charge is 0.0353 e. The Bertz CT molecular complexity index is 332. The molecule has 1 nitrogen and oxygen atoms in total. The Balaban J connectivity index is 2.23. The van der Waals surface area contributed by atoms with Crippen LogP contribution >= 0.6 is 0 Å². The zero-order valence-corrected chi connectivity index (χ0v) is 10.7. The summed E-state index contributed by atoms with van der Waals surface area (Å²) >= 11 is 0. The maximum absolute atomic E-state index is 3.73. The Labute approximate surface area is 99.3 Å². The molecule has 0 spiro atoms. The molecule has 1 saturated carbocycles. The Hall–Kier alpha value is -0.820. The summed E-state index contributed by atoms with van der Waals surface area (Å²) in [7, 11) is 0. The topological polar surface area (TPSA) is 12.0 Å². The summed E-state index contributed by atoms with van der Waals surface area (Å²) in [6, 6.07) is 7.25. The molecule has 1 aliphatic carbocycles. The van der Waals surface area contributed by atoms with Gasteiger partial charge in [-0.1, -0.05) is 25.1 Å². The summed E-state index contributed by atoms with van der Waals surface area (Å²) in [6.45, 7) is 7.85. The van der Waals surface area contributed by atoms with Crippen LogP contribution in [0.3, 0.4) is 0 Å². The van der Waals surface area contributed by atoms with Crippen molar-refractivity contribution < 1.29 is 0 Å². The van der Waals surface area contributed by atoms with Crippen molar-refractivity contribution in [3.8, 4) is 0 Å². The predicted molar refractivity (Wildman–Crippen MR) is 69.7 cm³/mol. The molecule has 1 atom stereocenters. The highest BCUT2D eigenvalue weighted by molar-refractivity contribution is 5.37. The minimum absolute atomic E-state index is 0.598. The number of rotatable bonds is 5. The average Bonchev–Trinajstić information content (AvgIpc) is 3.06.